The number of phenolic OH excluding ortho intramolecular Hbond substituents is 1. The molecule has 7 aromatic carbocycles. The Balaban J connectivity index is 0.000000209. The maximum Gasteiger partial charge on any atom is 0.426 e. The van der Waals surface area contributed by atoms with Gasteiger partial charge in [0.2, 0.25) is 5.95 Å². The summed E-state index contributed by atoms with van der Waals surface area (Å²) >= 11 is 0. The summed E-state index contributed by atoms with van der Waals surface area (Å²) in [4.78, 5) is 111. The van der Waals surface area contributed by atoms with Gasteiger partial charge in [0.05, 0.1) is 23.0 Å². The van der Waals surface area contributed by atoms with Crippen molar-refractivity contribution in [3.8, 4) is 45.3 Å². The number of rotatable bonds is 30. The van der Waals surface area contributed by atoms with Crippen molar-refractivity contribution in [2.24, 2.45) is 5.92 Å². The fourth-order valence-corrected chi connectivity index (χ4v) is 17.5. The summed E-state index contributed by atoms with van der Waals surface area (Å²) in [6.07, 6.45) is 23.5. The number of hydrogen-bond donors (Lipinski definition) is 5. The average Bonchev–Trinajstić information content (AvgIpc) is 0.873. The Labute approximate surface area is 910 Å². The largest absolute Gasteiger partial charge is 0.623 e. The van der Waals surface area contributed by atoms with Gasteiger partial charge in [0.15, 0.2) is 27.3 Å². The fourth-order valence-electron chi connectivity index (χ4n) is 17.5. The number of hydrogen-bond acceptors (Lipinski definition) is 23. The topological polar surface area (TPSA) is 353 Å². The van der Waals surface area contributed by atoms with E-state index in [1.54, 1.807) is 61.8 Å². The number of pyridine rings is 3. The first-order chi connectivity index (χ1) is 69.5. The summed E-state index contributed by atoms with van der Waals surface area (Å²) in [5, 5.41) is 47.4. The summed E-state index contributed by atoms with van der Waals surface area (Å²) in [6, 6.07) is 61.9. The van der Waals surface area contributed by atoms with Gasteiger partial charge in [-0.2, -0.15) is 0 Å². The van der Waals surface area contributed by atoms with Crippen LogP contribution in [-0.2, 0) is 111 Å². The van der Waals surface area contributed by atoms with Crippen LogP contribution in [0.2, 0.25) is 0 Å². The van der Waals surface area contributed by atoms with Gasteiger partial charge in [0, 0.05) is 283 Å². The smallest absolute Gasteiger partial charge is 0.426 e. The van der Waals surface area contributed by atoms with Crippen molar-refractivity contribution < 1.29 is 105 Å². The van der Waals surface area contributed by atoms with Gasteiger partial charge in [-0.3, -0.25) is 50.1 Å². The van der Waals surface area contributed by atoms with Crippen LogP contribution in [-0.4, -0.2) is 240 Å². The number of phenols is 1. The Morgan fingerprint density at radius 1 is 0.514 bits per heavy atom. The monoisotopic (exact) mass is 2100 g/mol. The van der Waals surface area contributed by atoms with E-state index >= 15 is 4.79 Å². The molecule has 1 aliphatic carbocycles. The molecule has 2 atom stereocenters. The van der Waals surface area contributed by atoms with E-state index < -0.39 is 17.7 Å². The van der Waals surface area contributed by atoms with E-state index in [2.05, 4.69) is 150 Å². The summed E-state index contributed by atoms with van der Waals surface area (Å²) < 4.78 is 6.53. The van der Waals surface area contributed by atoms with Crippen LogP contribution in [0.25, 0.3) is 44.4 Å². The first-order valence-electron chi connectivity index (χ1n) is 48.8. The van der Waals surface area contributed by atoms with E-state index in [4.69, 9.17) is 35.7 Å². The number of aliphatic hydroxyl groups is 2. The zero-order valence-electron chi connectivity index (χ0n) is 84.8. The van der Waals surface area contributed by atoms with E-state index in [1.165, 1.54) is 27.2 Å². The summed E-state index contributed by atoms with van der Waals surface area (Å²) in [5.41, 5.74) is 21.5. The maximum absolute atomic E-state index is 15.1. The van der Waals surface area contributed by atoms with Crippen LogP contribution in [0.15, 0.2) is 274 Å². The summed E-state index contributed by atoms with van der Waals surface area (Å²) in [6.45, 7) is 32.1. The molecule has 6 aromatic heterocycles. The van der Waals surface area contributed by atoms with Crippen LogP contribution in [0.3, 0.4) is 0 Å². The molecule has 28 nitrogen and oxygen atoms in total. The second kappa shape index (κ2) is 56.9. The second-order valence-electron chi connectivity index (χ2n) is 37.1. The standard InChI is InChI=1S/C52H60N6O4.C30H32N6O.C30H31N6O.2CH2BNO.2Y/c1-7-8-9-11-39-31-48(60)50(44-28-36(4)13-20-43(44)35(2)3)49(32-39)62-52(61)58(51-54-23-21-45(55-51)42-12-10-22-53-33-42)46-29-40(15-14-37(46)5)30-47(59)41-18-16-38(17-19-41)34-57-26-24-56(6)25-27-57;1-22-5-10-27(18-26(22)19-29-32-13-11-28(34-29)25-4-3-12-31-20-25)33-30(37)24-8-6-23(7-9-24)21-36-16-14-35(2)15-17-36;1-22-5-6-24(18-28(22)34-30-32-13-11-27(33-30)26-4-3-12-31-20-26)19-29(37)25-9-7-23(8-10-25)21-36-16-14-35(2)15-17-36;2*2-1(3)4;;/h10,12,14-19,21-23,28-29,31-33,43-44,60H,2,7-9,11,13,20,24-27,30,34H2,1,3-6H3;3-13,18,20H,14-17,19,21H2,1-2H3,(H,33,37);3-13,18,20H,14-17,19,21H2,1-2H3;2*(H2,3,4);;/q;;-1;;;;/p-1. The van der Waals surface area contributed by atoms with Gasteiger partial charge < -0.3 is 60.2 Å². The van der Waals surface area contributed by atoms with Crippen molar-refractivity contribution in [2.75, 3.05) is 105 Å². The van der Waals surface area contributed by atoms with Gasteiger partial charge >= 0.3 is 6.09 Å². The summed E-state index contributed by atoms with van der Waals surface area (Å²) in [7, 11) is 15.0. The minimum atomic E-state index is -0.833. The van der Waals surface area contributed by atoms with E-state index in [9.17, 15) is 19.5 Å². The summed E-state index contributed by atoms with van der Waals surface area (Å²) in [5.74, 6) is -0.474. The molecule has 2 amide bonds. The molecule has 3 saturated heterocycles. The number of unbranched alkanes of at least 4 members (excludes halogenated alkanes) is 2. The van der Waals surface area contributed by atoms with Gasteiger partial charge in [-0.15, -0.1) is 5.69 Å². The van der Waals surface area contributed by atoms with Gasteiger partial charge in [-0.1, -0.05) is 165 Å². The number of piperazine rings is 3. The molecule has 2 unspecified atom stereocenters. The van der Waals surface area contributed by atoms with E-state index in [0.717, 1.165) is 221 Å². The molecule has 0 saturated carbocycles. The molecule has 0 spiro atoms. The molecular weight excluding hydrogens is 1980 g/mol. The average molecular weight is 2100 g/mol. The first kappa shape index (κ1) is 114. The quantitative estimate of drug-likeness (QED) is 0.00697. The molecule has 13 aromatic rings. The number of anilines is 2. The number of nitrogens with zero attached hydrogens (tertiary/aromatic N) is 18. The van der Waals surface area contributed by atoms with Crippen LogP contribution >= 0.6 is 0 Å². The normalized spacial score (nSPS) is 14.9. The van der Waals surface area contributed by atoms with Crippen LogP contribution in [0.5, 0.6) is 11.5 Å². The SMILES string of the molecule is C=C(C)C1CCC(C)=CC1c1c(O)cc(CCCCC)cc1OC(=O)N(c1nccc(-c2cccnc2)n1)c1cc(CC(=O)c2ccc(CN3CCN(C)CC3)cc2)ccc1C.Cc1ccc(CC(=O)c2ccc(CN3CCN(C)CC3)cc2)cc1[N-]c1nccc(-c2cccnc2)n1.Cc1ccc([N-]C(=O)c2ccc(CN3CCN(C)CC3)cc2)cc1Cc1nccc(-c2cccnc2)n1.[B]C(=N)O.[B]C(=N)O.[Y].[Y]. The second-order valence-corrected chi connectivity index (χ2v) is 37.1. The number of allylic oxidation sites excluding steroid dienone is 3. The zero-order valence-corrected chi connectivity index (χ0v) is 90.5. The number of Topliss-reactive ketones (excluding diaryl/α,β-unsaturated/α-hetero) is 2. The number of ether oxygens (including phenoxy) is 1. The molecule has 9 heterocycles. The predicted molar refractivity (Wildman–Crippen MR) is 572 cm³/mol. The van der Waals surface area contributed by atoms with E-state index in [0.29, 0.717) is 58.4 Å². The number of aryl methyl sites for hydroxylation is 4. The molecule has 744 valence electrons. The number of amides is 2. The fraction of sp³-hybridized carbons (Fsp3) is 0.307. The minimum Gasteiger partial charge on any atom is -0.623 e. The van der Waals surface area contributed by atoms with E-state index in [-0.39, 0.29) is 119 Å². The molecule has 17 rings (SSSR count). The third-order valence-corrected chi connectivity index (χ3v) is 25.8. The Hall–Kier alpha value is -12.6. The molecule has 3 aliphatic heterocycles. The zero-order chi connectivity index (χ0) is 102. The molecule has 32 heteroatoms. The number of nitrogens with one attached hydrogen (secondary N) is 2. The van der Waals surface area contributed by atoms with Crippen LogP contribution < -0.4 is 9.64 Å². The number of carbonyl (C=O) groups is 4. The molecule has 4 aliphatic rings. The van der Waals surface area contributed by atoms with Crippen LogP contribution in [0.1, 0.15) is 157 Å². The number of benzene rings is 7. The van der Waals surface area contributed by atoms with Crippen molar-refractivity contribution in [1.82, 2.24) is 74.3 Å². The molecule has 0 bridgehead atoms. The van der Waals surface area contributed by atoms with Crippen LogP contribution in [0.4, 0.5) is 33.8 Å². The third-order valence-electron chi connectivity index (χ3n) is 25.8. The first-order valence-corrected chi connectivity index (χ1v) is 48.8. The van der Waals surface area contributed by atoms with Crippen molar-refractivity contribution in [1.29, 1.82) is 10.8 Å². The van der Waals surface area contributed by atoms with Gasteiger partial charge in [0.1, 0.15) is 28.9 Å². The minimum absolute atomic E-state index is 0. The Morgan fingerprint density at radius 3 is 1.47 bits per heavy atom. The Morgan fingerprint density at radius 2 is 0.973 bits per heavy atom. The number of aromatic hydroxyl groups is 1. The third kappa shape index (κ3) is 34.5. The van der Waals surface area contributed by atoms with Crippen molar-refractivity contribution in [3.05, 3.63) is 368 Å². The van der Waals surface area contributed by atoms with Gasteiger partial charge in [0.25, 0.3) is 0 Å². The maximum atomic E-state index is 15.1. The number of aliphatic hydroxyl groups excluding tert-OH is 2. The van der Waals surface area contributed by atoms with Gasteiger partial charge in [-0.25, -0.2) is 29.6 Å². The van der Waals surface area contributed by atoms with Gasteiger partial charge in [-0.05, 0) is 233 Å². The molecule has 146 heavy (non-hydrogen) atoms. The molecule has 6 radical (unpaired) electrons. The van der Waals surface area contributed by atoms with E-state index in [1.807, 2.05) is 204 Å². The molecule has 3 fully saturated rings. The number of ketones is 2. The van der Waals surface area contributed by atoms with Crippen molar-refractivity contribution in [2.45, 2.75) is 125 Å². The Kier molecular flexibility index (Phi) is 44.4. The molecular formula is C114H126B2N20O8Y2-2. The molecule has 5 N–H and O–H groups in total. The number of aromatic nitrogens is 9. The van der Waals surface area contributed by atoms with Crippen LogP contribution in [0, 0.1) is 37.5 Å². The number of carbonyl (C=O) groups excluding carboxylic acids is 4. The van der Waals surface area contributed by atoms with Crippen molar-refractivity contribution in [3.63, 3.8) is 0 Å². The Bertz CT molecular complexity index is 6330. The number of likely N-dealkylation sites (N-methyl/N-ethyl adjacent to an activating group) is 3. The predicted octanol–water partition coefficient (Wildman–Crippen LogP) is 20.5. The van der Waals surface area contributed by atoms with Crippen molar-refractivity contribution >= 4 is 79.8 Å².